The Balaban J connectivity index is 0.00000312. The minimum atomic E-state index is -0.176. The van der Waals surface area contributed by atoms with Crippen molar-refractivity contribution in [2.45, 2.75) is 39.2 Å². The molecule has 0 aromatic heterocycles. The molecule has 0 bridgehead atoms. The van der Waals surface area contributed by atoms with Gasteiger partial charge in [-0.15, -0.1) is 12.4 Å². The highest BCUT2D eigenvalue weighted by molar-refractivity contribution is 5.85. The zero-order valence-electron chi connectivity index (χ0n) is 15.2. The summed E-state index contributed by atoms with van der Waals surface area (Å²) in [7, 11) is 0. The maximum atomic E-state index is 12.4. The van der Waals surface area contributed by atoms with Gasteiger partial charge in [-0.3, -0.25) is 9.59 Å². The summed E-state index contributed by atoms with van der Waals surface area (Å²) < 4.78 is 0. The number of halogens is 1. The number of amides is 2. The van der Waals surface area contributed by atoms with E-state index in [9.17, 15) is 9.59 Å². The fraction of sp³-hybridized carbons (Fsp3) is 0.579. The van der Waals surface area contributed by atoms with E-state index in [2.05, 4.69) is 0 Å². The predicted octanol–water partition coefficient (Wildman–Crippen LogP) is 2.09. The van der Waals surface area contributed by atoms with Gasteiger partial charge in [-0.05, 0) is 25.3 Å². The molecule has 2 unspecified atom stereocenters. The molecule has 1 aliphatic heterocycles. The first-order chi connectivity index (χ1) is 11.5. The summed E-state index contributed by atoms with van der Waals surface area (Å²) >= 11 is 0. The van der Waals surface area contributed by atoms with Gasteiger partial charge in [0, 0.05) is 38.6 Å². The Morgan fingerprint density at radius 3 is 2.28 bits per heavy atom. The van der Waals surface area contributed by atoms with Gasteiger partial charge in [-0.25, -0.2) is 0 Å². The van der Waals surface area contributed by atoms with Crippen molar-refractivity contribution in [2.24, 2.45) is 11.7 Å². The maximum absolute atomic E-state index is 12.4. The van der Waals surface area contributed by atoms with Crippen LogP contribution < -0.4 is 5.73 Å². The third-order valence-corrected chi connectivity index (χ3v) is 4.81. The van der Waals surface area contributed by atoms with Crippen LogP contribution in [-0.2, 0) is 16.0 Å². The molecule has 1 fully saturated rings. The van der Waals surface area contributed by atoms with Crippen LogP contribution in [0, 0.1) is 5.92 Å². The molecule has 2 N–H and O–H groups in total. The summed E-state index contributed by atoms with van der Waals surface area (Å²) in [6.07, 6.45) is 2.11. The molecule has 1 aromatic carbocycles. The first-order valence-electron chi connectivity index (χ1n) is 8.85. The van der Waals surface area contributed by atoms with Crippen LogP contribution in [0.1, 0.15) is 32.3 Å². The number of carbonyl (C=O) groups is 2. The molecule has 6 heteroatoms. The first kappa shape index (κ1) is 21.5. The SMILES string of the molecule is CC(N)C(C)C(=O)N1CCCN(C(=O)CCc2ccccc2)CC1.Cl. The molecular weight excluding hydrogens is 338 g/mol. The molecule has 1 aliphatic rings. The van der Waals surface area contributed by atoms with Crippen LogP contribution in [0.4, 0.5) is 0 Å². The average molecular weight is 368 g/mol. The van der Waals surface area contributed by atoms with Gasteiger partial charge >= 0.3 is 0 Å². The second-order valence-corrected chi connectivity index (χ2v) is 6.69. The lowest BCUT2D eigenvalue weighted by atomic mass is 10.0. The largest absolute Gasteiger partial charge is 0.341 e. The molecule has 1 aromatic rings. The molecule has 1 saturated heterocycles. The summed E-state index contributed by atoms with van der Waals surface area (Å²) in [6, 6.07) is 9.92. The summed E-state index contributed by atoms with van der Waals surface area (Å²) in [4.78, 5) is 28.6. The van der Waals surface area contributed by atoms with Crippen LogP contribution in [-0.4, -0.2) is 53.8 Å². The van der Waals surface area contributed by atoms with Crippen LogP contribution >= 0.6 is 12.4 Å². The Kier molecular flexibility index (Phi) is 8.93. The van der Waals surface area contributed by atoms with Crippen molar-refractivity contribution in [1.82, 2.24) is 9.80 Å². The van der Waals surface area contributed by atoms with Gasteiger partial charge in [-0.2, -0.15) is 0 Å². The highest BCUT2D eigenvalue weighted by Crippen LogP contribution is 2.12. The molecule has 2 rings (SSSR count). The van der Waals surface area contributed by atoms with Crippen molar-refractivity contribution < 1.29 is 9.59 Å². The van der Waals surface area contributed by atoms with Crippen molar-refractivity contribution in [3.8, 4) is 0 Å². The molecule has 140 valence electrons. The number of nitrogens with two attached hydrogens (primary N) is 1. The fourth-order valence-corrected chi connectivity index (χ4v) is 2.95. The standard InChI is InChI=1S/C19H29N3O2.ClH/c1-15(16(2)20)19(24)22-12-6-11-21(13-14-22)18(23)10-9-17-7-4-3-5-8-17;/h3-5,7-8,15-16H,6,9-14,20H2,1-2H3;1H. The Hall–Kier alpha value is -1.59. The summed E-state index contributed by atoms with van der Waals surface area (Å²) in [5.74, 6) is 0.0994. The Morgan fingerprint density at radius 2 is 1.64 bits per heavy atom. The van der Waals surface area contributed by atoms with E-state index in [1.807, 2.05) is 54.0 Å². The summed E-state index contributed by atoms with van der Waals surface area (Å²) in [5, 5.41) is 0. The molecule has 0 aliphatic carbocycles. The third-order valence-electron chi connectivity index (χ3n) is 4.81. The second kappa shape index (κ2) is 10.4. The van der Waals surface area contributed by atoms with E-state index in [1.54, 1.807) is 0 Å². The number of hydrogen-bond acceptors (Lipinski definition) is 3. The number of carbonyl (C=O) groups excluding carboxylic acids is 2. The van der Waals surface area contributed by atoms with Gasteiger partial charge < -0.3 is 15.5 Å². The molecule has 2 atom stereocenters. The van der Waals surface area contributed by atoms with Gasteiger partial charge in [0.2, 0.25) is 11.8 Å². The van der Waals surface area contributed by atoms with E-state index >= 15 is 0 Å². The first-order valence-corrected chi connectivity index (χ1v) is 8.85. The molecular formula is C19H30ClN3O2. The molecule has 0 saturated carbocycles. The lowest BCUT2D eigenvalue weighted by Crippen LogP contribution is -2.43. The highest BCUT2D eigenvalue weighted by Gasteiger charge is 2.26. The number of hydrogen-bond donors (Lipinski definition) is 1. The molecule has 0 spiro atoms. The monoisotopic (exact) mass is 367 g/mol. The van der Waals surface area contributed by atoms with E-state index in [4.69, 9.17) is 5.73 Å². The van der Waals surface area contributed by atoms with Crippen LogP contribution in [0.25, 0.3) is 0 Å². The van der Waals surface area contributed by atoms with E-state index in [1.165, 1.54) is 5.56 Å². The van der Waals surface area contributed by atoms with Crippen LogP contribution in [0.2, 0.25) is 0 Å². The Bertz CT molecular complexity index is 551. The summed E-state index contributed by atoms with van der Waals surface area (Å²) in [5.41, 5.74) is 7.02. The fourth-order valence-electron chi connectivity index (χ4n) is 2.95. The number of nitrogens with zero attached hydrogens (tertiary/aromatic N) is 2. The van der Waals surface area contributed by atoms with Crippen molar-refractivity contribution in [1.29, 1.82) is 0 Å². The lowest BCUT2D eigenvalue weighted by Gasteiger charge is -2.26. The number of rotatable bonds is 5. The lowest BCUT2D eigenvalue weighted by molar-refractivity contribution is -0.136. The van der Waals surface area contributed by atoms with E-state index in [0.717, 1.165) is 19.4 Å². The van der Waals surface area contributed by atoms with Crippen molar-refractivity contribution in [3.05, 3.63) is 35.9 Å². The topological polar surface area (TPSA) is 66.6 Å². The zero-order valence-corrected chi connectivity index (χ0v) is 16.0. The normalized spacial score (nSPS) is 17.2. The quantitative estimate of drug-likeness (QED) is 0.866. The van der Waals surface area contributed by atoms with Gasteiger partial charge in [0.15, 0.2) is 0 Å². The number of aryl methyl sites for hydroxylation is 1. The van der Waals surface area contributed by atoms with E-state index in [-0.39, 0.29) is 36.2 Å². The third kappa shape index (κ3) is 6.33. The van der Waals surface area contributed by atoms with Gasteiger partial charge in [0.1, 0.15) is 0 Å². The van der Waals surface area contributed by atoms with Gasteiger partial charge in [-0.1, -0.05) is 37.3 Å². The van der Waals surface area contributed by atoms with Crippen LogP contribution in [0.5, 0.6) is 0 Å². The van der Waals surface area contributed by atoms with Gasteiger partial charge in [0.05, 0.1) is 5.92 Å². The van der Waals surface area contributed by atoms with Crippen LogP contribution in [0.3, 0.4) is 0 Å². The van der Waals surface area contributed by atoms with Crippen molar-refractivity contribution in [2.75, 3.05) is 26.2 Å². The maximum Gasteiger partial charge on any atom is 0.227 e. The zero-order chi connectivity index (χ0) is 17.5. The smallest absolute Gasteiger partial charge is 0.227 e. The summed E-state index contributed by atoms with van der Waals surface area (Å²) in [6.45, 7) is 6.39. The minimum absolute atomic E-state index is 0. The van der Waals surface area contributed by atoms with Crippen molar-refractivity contribution in [3.63, 3.8) is 0 Å². The van der Waals surface area contributed by atoms with E-state index in [0.29, 0.717) is 26.1 Å². The molecule has 25 heavy (non-hydrogen) atoms. The molecule has 1 heterocycles. The molecule has 5 nitrogen and oxygen atoms in total. The average Bonchev–Trinajstić information content (AvgIpc) is 2.85. The molecule has 0 radical (unpaired) electrons. The van der Waals surface area contributed by atoms with E-state index < -0.39 is 0 Å². The Labute approximate surface area is 157 Å². The van der Waals surface area contributed by atoms with Gasteiger partial charge in [0.25, 0.3) is 0 Å². The second-order valence-electron chi connectivity index (χ2n) is 6.69. The highest BCUT2D eigenvalue weighted by atomic mass is 35.5. The molecule has 2 amide bonds. The predicted molar refractivity (Wildman–Crippen MR) is 103 cm³/mol. The van der Waals surface area contributed by atoms with Crippen LogP contribution in [0.15, 0.2) is 30.3 Å². The number of benzene rings is 1. The Morgan fingerprint density at radius 1 is 1.04 bits per heavy atom. The van der Waals surface area contributed by atoms with Crippen molar-refractivity contribution >= 4 is 24.2 Å². The minimum Gasteiger partial charge on any atom is -0.341 e.